The SMILES string of the molecule is COC(=O)C(C)NCCN(C)C(C)C. The third-order valence-electron chi connectivity index (χ3n) is 2.35. The highest BCUT2D eigenvalue weighted by atomic mass is 16.5. The van der Waals surface area contributed by atoms with E-state index in [9.17, 15) is 4.79 Å². The Morgan fingerprint density at radius 2 is 2.00 bits per heavy atom. The minimum Gasteiger partial charge on any atom is -0.468 e. The van der Waals surface area contributed by atoms with Gasteiger partial charge < -0.3 is 15.0 Å². The molecule has 14 heavy (non-hydrogen) atoms. The second-order valence-electron chi connectivity index (χ2n) is 3.77. The van der Waals surface area contributed by atoms with Gasteiger partial charge in [-0.2, -0.15) is 0 Å². The number of carbonyl (C=O) groups is 1. The van der Waals surface area contributed by atoms with E-state index in [-0.39, 0.29) is 12.0 Å². The summed E-state index contributed by atoms with van der Waals surface area (Å²) in [6, 6.07) is 0.311. The molecule has 0 aliphatic rings. The van der Waals surface area contributed by atoms with Crippen LogP contribution in [0.1, 0.15) is 20.8 Å². The molecule has 0 amide bonds. The molecule has 0 saturated heterocycles. The topological polar surface area (TPSA) is 41.6 Å². The largest absolute Gasteiger partial charge is 0.468 e. The second-order valence-corrected chi connectivity index (χ2v) is 3.77. The Kier molecular flexibility index (Phi) is 6.49. The van der Waals surface area contributed by atoms with E-state index in [2.05, 4.69) is 35.8 Å². The lowest BCUT2D eigenvalue weighted by molar-refractivity contribution is -0.142. The summed E-state index contributed by atoms with van der Waals surface area (Å²) in [7, 11) is 3.47. The van der Waals surface area contributed by atoms with Crippen LogP contribution in [0, 0.1) is 0 Å². The average molecular weight is 202 g/mol. The van der Waals surface area contributed by atoms with Gasteiger partial charge in [0, 0.05) is 19.1 Å². The molecule has 1 atom stereocenters. The fourth-order valence-electron chi connectivity index (χ4n) is 0.976. The van der Waals surface area contributed by atoms with Crippen LogP contribution in [0.15, 0.2) is 0 Å². The van der Waals surface area contributed by atoms with Gasteiger partial charge in [-0.05, 0) is 27.8 Å². The molecule has 0 aliphatic carbocycles. The Morgan fingerprint density at radius 3 is 2.43 bits per heavy atom. The van der Waals surface area contributed by atoms with Crippen LogP contribution >= 0.6 is 0 Å². The Labute approximate surface area is 86.6 Å². The van der Waals surface area contributed by atoms with Crippen molar-refractivity contribution in [3.8, 4) is 0 Å². The lowest BCUT2D eigenvalue weighted by atomic mass is 10.3. The zero-order valence-electron chi connectivity index (χ0n) is 9.83. The number of nitrogens with zero attached hydrogens (tertiary/aromatic N) is 1. The van der Waals surface area contributed by atoms with Gasteiger partial charge >= 0.3 is 5.97 Å². The molecule has 4 nitrogen and oxygen atoms in total. The van der Waals surface area contributed by atoms with E-state index in [1.807, 2.05) is 0 Å². The van der Waals surface area contributed by atoms with Gasteiger partial charge in [0.2, 0.25) is 0 Å². The molecule has 0 aliphatic heterocycles. The summed E-state index contributed by atoms with van der Waals surface area (Å²) in [4.78, 5) is 13.2. The van der Waals surface area contributed by atoms with Crippen molar-refractivity contribution in [3.05, 3.63) is 0 Å². The van der Waals surface area contributed by atoms with Crippen LogP contribution in [0.2, 0.25) is 0 Å². The molecule has 0 heterocycles. The minimum absolute atomic E-state index is 0.211. The standard InChI is InChI=1S/C10H22N2O2/c1-8(2)12(4)7-6-11-9(3)10(13)14-5/h8-9,11H,6-7H2,1-5H3. The maximum absolute atomic E-state index is 11.0. The highest BCUT2D eigenvalue weighted by molar-refractivity contribution is 5.74. The molecule has 0 fully saturated rings. The van der Waals surface area contributed by atoms with Crippen molar-refractivity contribution in [2.24, 2.45) is 0 Å². The Bertz CT molecular complexity index is 172. The van der Waals surface area contributed by atoms with E-state index in [0.29, 0.717) is 6.04 Å². The van der Waals surface area contributed by atoms with Gasteiger partial charge in [0.15, 0.2) is 0 Å². The fraction of sp³-hybridized carbons (Fsp3) is 0.900. The van der Waals surface area contributed by atoms with Crippen molar-refractivity contribution in [2.45, 2.75) is 32.9 Å². The number of likely N-dealkylation sites (N-methyl/N-ethyl adjacent to an activating group) is 1. The number of ether oxygens (including phenoxy) is 1. The molecule has 1 unspecified atom stereocenters. The number of nitrogens with one attached hydrogen (secondary N) is 1. The van der Waals surface area contributed by atoms with E-state index < -0.39 is 0 Å². The maximum atomic E-state index is 11.0. The molecule has 0 rings (SSSR count). The van der Waals surface area contributed by atoms with Gasteiger partial charge in [0.05, 0.1) is 7.11 Å². The predicted octanol–water partition coefficient (Wildman–Crippen LogP) is 0.478. The first-order chi connectivity index (χ1) is 6.49. The molecule has 4 heteroatoms. The van der Waals surface area contributed by atoms with Crippen LogP contribution in [-0.4, -0.2) is 50.2 Å². The number of rotatable bonds is 6. The summed E-state index contributed by atoms with van der Waals surface area (Å²) in [5, 5.41) is 3.10. The number of hydrogen-bond donors (Lipinski definition) is 1. The van der Waals surface area contributed by atoms with E-state index in [1.165, 1.54) is 7.11 Å². The first kappa shape index (κ1) is 13.4. The highest BCUT2D eigenvalue weighted by Crippen LogP contribution is 1.92. The monoisotopic (exact) mass is 202 g/mol. The number of esters is 1. The van der Waals surface area contributed by atoms with Crippen LogP contribution in [0.25, 0.3) is 0 Å². The van der Waals surface area contributed by atoms with Crippen LogP contribution < -0.4 is 5.32 Å². The lowest BCUT2D eigenvalue weighted by Gasteiger charge is -2.21. The maximum Gasteiger partial charge on any atom is 0.322 e. The van der Waals surface area contributed by atoms with Crippen molar-refractivity contribution in [1.82, 2.24) is 10.2 Å². The van der Waals surface area contributed by atoms with Gasteiger partial charge in [-0.25, -0.2) is 0 Å². The van der Waals surface area contributed by atoms with Gasteiger partial charge in [-0.1, -0.05) is 0 Å². The molecule has 1 N–H and O–H groups in total. The Hall–Kier alpha value is -0.610. The summed E-state index contributed by atoms with van der Waals surface area (Å²) >= 11 is 0. The van der Waals surface area contributed by atoms with Crippen molar-refractivity contribution in [2.75, 3.05) is 27.2 Å². The first-order valence-corrected chi connectivity index (χ1v) is 5.00. The lowest BCUT2D eigenvalue weighted by Crippen LogP contribution is -2.40. The molecule has 0 saturated carbocycles. The smallest absolute Gasteiger partial charge is 0.322 e. The van der Waals surface area contributed by atoms with Gasteiger partial charge in [0.1, 0.15) is 6.04 Å². The van der Waals surface area contributed by atoms with Gasteiger partial charge in [0.25, 0.3) is 0 Å². The van der Waals surface area contributed by atoms with Crippen LogP contribution in [0.4, 0.5) is 0 Å². The van der Waals surface area contributed by atoms with Crippen molar-refractivity contribution < 1.29 is 9.53 Å². The van der Waals surface area contributed by atoms with Crippen molar-refractivity contribution >= 4 is 5.97 Å². The zero-order chi connectivity index (χ0) is 11.1. The number of hydrogen-bond acceptors (Lipinski definition) is 4. The molecule has 0 radical (unpaired) electrons. The fourth-order valence-corrected chi connectivity index (χ4v) is 0.976. The van der Waals surface area contributed by atoms with E-state index in [1.54, 1.807) is 6.92 Å². The van der Waals surface area contributed by atoms with Gasteiger partial charge in [-0.15, -0.1) is 0 Å². The predicted molar refractivity (Wildman–Crippen MR) is 57.2 cm³/mol. The Balaban J connectivity index is 3.58. The van der Waals surface area contributed by atoms with Crippen LogP contribution in [0.5, 0.6) is 0 Å². The normalized spacial score (nSPS) is 13.4. The summed E-state index contributed by atoms with van der Waals surface area (Å²) in [5.41, 5.74) is 0. The molecule has 0 aromatic rings. The first-order valence-electron chi connectivity index (χ1n) is 5.00. The zero-order valence-corrected chi connectivity index (χ0v) is 9.83. The second kappa shape index (κ2) is 6.79. The number of carbonyl (C=O) groups excluding carboxylic acids is 1. The molecule has 0 aromatic carbocycles. The molecular weight excluding hydrogens is 180 g/mol. The van der Waals surface area contributed by atoms with Crippen molar-refractivity contribution in [1.29, 1.82) is 0 Å². The third kappa shape index (κ3) is 5.19. The summed E-state index contributed by atoms with van der Waals surface area (Å²) in [5.74, 6) is -0.211. The van der Waals surface area contributed by atoms with Crippen LogP contribution in [-0.2, 0) is 9.53 Å². The molecule has 0 bridgehead atoms. The Morgan fingerprint density at radius 1 is 1.43 bits per heavy atom. The molecule has 84 valence electrons. The van der Waals surface area contributed by atoms with E-state index >= 15 is 0 Å². The molecule has 0 aromatic heterocycles. The highest BCUT2D eigenvalue weighted by Gasteiger charge is 2.11. The summed E-state index contributed by atoms with van der Waals surface area (Å²) in [6.07, 6.45) is 0. The number of methoxy groups -OCH3 is 1. The summed E-state index contributed by atoms with van der Waals surface area (Å²) < 4.78 is 4.60. The van der Waals surface area contributed by atoms with Gasteiger partial charge in [-0.3, -0.25) is 4.79 Å². The van der Waals surface area contributed by atoms with Crippen LogP contribution in [0.3, 0.4) is 0 Å². The third-order valence-corrected chi connectivity index (χ3v) is 2.35. The van der Waals surface area contributed by atoms with E-state index in [0.717, 1.165) is 13.1 Å². The molecule has 0 spiro atoms. The minimum atomic E-state index is -0.222. The molecular formula is C10H22N2O2. The van der Waals surface area contributed by atoms with Crippen molar-refractivity contribution in [3.63, 3.8) is 0 Å². The summed E-state index contributed by atoms with van der Waals surface area (Å²) in [6.45, 7) is 7.82. The average Bonchev–Trinajstić information content (AvgIpc) is 2.15. The quantitative estimate of drug-likeness (QED) is 0.636. The van der Waals surface area contributed by atoms with E-state index in [4.69, 9.17) is 0 Å².